The minimum Gasteiger partial charge on any atom is -0.378 e. The van der Waals surface area contributed by atoms with Crippen LogP contribution in [0.3, 0.4) is 0 Å². The van der Waals surface area contributed by atoms with Crippen LogP contribution >= 0.6 is 24.8 Å². The summed E-state index contributed by atoms with van der Waals surface area (Å²) < 4.78 is 0. The lowest BCUT2D eigenvalue weighted by atomic mass is 10.2. The number of likely N-dealkylation sites (N-methyl/N-ethyl adjacent to an activating group) is 1. The van der Waals surface area contributed by atoms with Crippen molar-refractivity contribution in [2.75, 3.05) is 38.6 Å². The van der Waals surface area contributed by atoms with E-state index in [1.807, 2.05) is 0 Å². The van der Waals surface area contributed by atoms with E-state index in [0.29, 0.717) is 0 Å². The van der Waals surface area contributed by atoms with Gasteiger partial charge in [-0.2, -0.15) is 0 Å². The maximum Gasteiger partial charge on any atom is 0.0361 e. The summed E-state index contributed by atoms with van der Waals surface area (Å²) in [5, 5.41) is 3.60. The number of rotatable bonds is 6. The largest absolute Gasteiger partial charge is 0.378 e. The molecule has 1 aromatic carbocycles. The average Bonchev–Trinajstić information content (AvgIpc) is 2.87. The summed E-state index contributed by atoms with van der Waals surface area (Å²) in [5.74, 6) is 0. The second-order valence-corrected chi connectivity index (χ2v) is 5.62. The van der Waals surface area contributed by atoms with Gasteiger partial charge in [-0.3, -0.25) is 4.90 Å². The molecule has 2 rings (SSSR count). The molecule has 1 aliphatic heterocycles. The maximum absolute atomic E-state index is 3.60. The molecule has 1 heterocycles. The van der Waals surface area contributed by atoms with E-state index in [4.69, 9.17) is 0 Å². The summed E-state index contributed by atoms with van der Waals surface area (Å²) in [6.07, 6.45) is 2.71. The quantitative estimate of drug-likeness (QED) is 0.862. The van der Waals surface area contributed by atoms with Crippen molar-refractivity contribution in [1.29, 1.82) is 0 Å². The number of hydrogen-bond acceptors (Lipinski definition) is 3. The highest BCUT2D eigenvalue weighted by molar-refractivity contribution is 5.85. The van der Waals surface area contributed by atoms with Crippen molar-refractivity contribution in [3.63, 3.8) is 0 Å². The number of hydrogen-bond donors (Lipinski definition) is 1. The van der Waals surface area contributed by atoms with Gasteiger partial charge in [0.25, 0.3) is 0 Å². The number of anilines is 1. The topological polar surface area (TPSA) is 18.5 Å². The van der Waals surface area contributed by atoms with Crippen molar-refractivity contribution < 1.29 is 0 Å². The highest BCUT2D eigenvalue weighted by atomic mass is 35.5. The molecule has 21 heavy (non-hydrogen) atoms. The standard InChI is InChI=1S/C16H27N3.2ClH/c1-4-19-11-5-6-16(19)13-17-12-14-7-9-15(10-8-14)18(2)3;;/h7-10,16-17H,4-6,11-13H2,1-3H3;2*1H. The third-order valence-corrected chi connectivity index (χ3v) is 4.07. The summed E-state index contributed by atoms with van der Waals surface area (Å²) in [5.41, 5.74) is 2.63. The predicted molar refractivity (Wildman–Crippen MR) is 97.2 cm³/mol. The van der Waals surface area contributed by atoms with Crippen LogP contribution in [0.15, 0.2) is 24.3 Å². The molecule has 1 N–H and O–H groups in total. The fraction of sp³-hybridized carbons (Fsp3) is 0.625. The Kier molecular flexibility index (Phi) is 10.0. The lowest BCUT2D eigenvalue weighted by molar-refractivity contribution is 0.260. The molecule has 1 aliphatic rings. The van der Waals surface area contributed by atoms with Crippen LogP contribution in [0.4, 0.5) is 5.69 Å². The van der Waals surface area contributed by atoms with Gasteiger partial charge in [0.2, 0.25) is 0 Å². The Morgan fingerprint density at radius 3 is 2.43 bits per heavy atom. The van der Waals surface area contributed by atoms with Gasteiger partial charge in [0, 0.05) is 38.9 Å². The lowest BCUT2D eigenvalue weighted by Crippen LogP contribution is -2.37. The first kappa shape index (κ1) is 20.5. The van der Waals surface area contributed by atoms with Gasteiger partial charge in [-0.25, -0.2) is 0 Å². The van der Waals surface area contributed by atoms with Gasteiger partial charge in [-0.1, -0.05) is 19.1 Å². The molecule has 122 valence electrons. The van der Waals surface area contributed by atoms with E-state index < -0.39 is 0 Å². The van der Waals surface area contributed by atoms with E-state index in [9.17, 15) is 0 Å². The molecule has 5 heteroatoms. The molecule has 0 radical (unpaired) electrons. The van der Waals surface area contributed by atoms with E-state index in [0.717, 1.165) is 19.1 Å². The summed E-state index contributed by atoms with van der Waals surface area (Å²) in [4.78, 5) is 4.72. The maximum atomic E-state index is 3.60. The van der Waals surface area contributed by atoms with Crippen LogP contribution in [0.1, 0.15) is 25.3 Å². The summed E-state index contributed by atoms with van der Waals surface area (Å²) in [7, 11) is 4.15. The van der Waals surface area contributed by atoms with Crippen molar-refractivity contribution in [3.8, 4) is 0 Å². The fourth-order valence-electron chi connectivity index (χ4n) is 2.84. The Balaban J connectivity index is 0.00000200. The van der Waals surface area contributed by atoms with Crippen LogP contribution in [0, 0.1) is 0 Å². The Morgan fingerprint density at radius 2 is 1.86 bits per heavy atom. The molecule has 1 fully saturated rings. The average molecular weight is 334 g/mol. The van der Waals surface area contributed by atoms with E-state index in [-0.39, 0.29) is 24.8 Å². The zero-order valence-electron chi connectivity index (χ0n) is 13.3. The number of halogens is 2. The minimum absolute atomic E-state index is 0. The van der Waals surface area contributed by atoms with E-state index in [2.05, 4.69) is 60.4 Å². The van der Waals surface area contributed by atoms with Crippen LogP contribution in [0.25, 0.3) is 0 Å². The number of benzene rings is 1. The molecule has 1 aromatic rings. The minimum atomic E-state index is 0. The zero-order chi connectivity index (χ0) is 13.7. The molecule has 1 saturated heterocycles. The van der Waals surface area contributed by atoms with Crippen LogP contribution < -0.4 is 10.2 Å². The highest BCUT2D eigenvalue weighted by Gasteiger charge is 2.21. The van der Waals surface area contributed by atoms with Crippen LogP contribution in [0.5, 0.6) is 0 Å². The van der Waals surface area contributed by atoms with Crippen molar-refractivity contribution in [3.05, 3.63) is 29.8 Å². The predicted octanol–water partition coefficient (Wildman–Crippen LogP) is 3.17. The second kappa shape index (κ2) is 10.3. The van der Waals surface area contributed by atoms with E-state index in [1.54, 1.807) is 0 Å². The van der Waals surface area contributed by atoms with E-state index >= 15 is 0 Å². The highest BCUT2D eigenvalue weighted by Crippen LogP contribution is 2.16. The Bertz CT molecular complexity index is 382. The zero-order valence-corrected chi connectivity index (χ0v) is 15.0. The Morgan fingerprint density at radius 1 is 1.19 bits per heavy atom. The molecular weight excluding hydrogens is 305 g/mol. The van der Waals surface area contributed by atoms with Crippen molar-refractivity contribution in [2.45, 2.75) is 32.4 Å². The van der Waals surface area contributed by atoms with Gasteiger partial charge in [-0.05, 0) is 43.6 Å². The summed E-state index contributed by atoms with van der Waals surface area (Å²) >= 11 is 0. The van der Waals surface area contributed by atoms with E-state index in [1.165, 1.54) is 37.2 Å². The smallest absolute Gasteiger partial charge is 0.0361 e. The van der Waals surface area contributed by atoms with Crippen molar-refractivity contribution >= 4 is 30.5 Å². The van der Waals surface area contributed by atoms with Gasteiger partial charge >= 0.3 is 0 Å². The Hall–Kier alpha value is -0.480. The molecule has 0 aromatic heterocycles. The van der Waals surface area contributed by atoms with Gasteiger partial charge < -0.3 is 10.2 Å². The second-order valence-electron chi connectivity index (χ2n) is 5.62. The third-order valence-electron chi connectivity index (χ3n) is 4.07. The normalized spacial score (nSPS) is 18.0. The van der Waals surface area contributed by atoms with Crippen LogP contribution in [0.2, 0.25) is 0 Å². The first-order valence-electron chi connectivity index (χ1n) is 7.41. The third kappa shape index (κ3) is 6.03. The molecule has 0 amide bonds. The number of nitrogens with zero attached hydrogens (tertiary/aromatic N) is 2. The van der Waals surface area contributed by atoms with Crippen LogP contribution in [-0.2, 0) is 6.54 Å². The van der Waals surface area contributed by atoms with Gasteiger partial charge in [0.1, 0.15) is 0 Å². The monoisotopic (exact) mass is 333 g/mol. The summed E-state index contributed by atoms with van der Waals surface area (Å²) in [6, 6.07) is 9.55. The van der Waals surface area contributed by atoms with Gasteiger partial charge in [-0.15, -0.1) is 24.8 Å². The molecule has 3 nitrogen and oxygen atoms in total. The molecule has 1 unspecified atom stereocenters. The molecule has 0 saturated carbocycles. The molecule has 0 bridgehead atoms. The van der Waals surface area contributed by atoms with Crippen LogP contribution in [-0.4, -0.2) is 44.7 Å². The number of likely N-dealkylation sites (tertiary alicyclic amines) is 1. The Labute approximate surface area is 141 Å². The van der Waals surface area contributed by atoms with Crippen molar-refractivity contribution in [2.24, 2.45) is 0 Å². The molecule has 0 spiro atoms. The first-order chi connectivity index (χ1) is 9.20. The lowest BCUT2D eigenvalue weighted by Gasteiger charge is -2.23. The molecular formula is C16H29Cl2N3. The fourth-order valence-corrected chi connectivity index (χ4v) is 2.84. The van der Waals surface area contributed by atoms with Gasteiger partial charge in [0.15, 0.2) is 0 Å². The van der Waals surface area contributed by atoms with Crippen molar-refractivity contribution in [1.82, 2.24) is 10.2 Å². The number of nitrogens with one attached hydrogen (secondary N) is 1. The molecule has 0 aliphatic carbocycles. The first-order valence-corrected chi connectivity index (χ1v) is 7.41. The summed E-state index contributed by atoms with van der Waals surface area (Å²) in [6.45, 7) is 6.81. The SMILES string of the molecule is CCN1CCCC1CNCc1ccc(N(C)C)cc1.Cl.Cl. The van der Waals surface area contributed by atoms with Gasteiger partial charge in [0.05, 0.1) is 0 Å². The molecule has 1 atom stereocenters.